The molecule has 1 rings (SSSR count). The van der Waals surface area contributed by atoms with Crippen molar-refractivity contribution < 1.29 is 0 Å². The second-order valence-electron chi connectivity index (χ2n) is 4.87. The van der Waals surface area contributed by atoms with Gasteiger partial charge in [0.25, 0.3) is 0 Å². The highest BCUT2D eigenvalue weighted by Gasteiger charge is 1.99. The molecule has 0 unspecified atom stereocenters. The number of hydrogen-bond donors (Lipinski definition) is 0. The van der Waals surface area contributed by atoms with Crippen molar-refractivity contribution in [2.75, 3.05) is 13.6 Å². The fraction of sp³-hybridized carbons (Fsp3) is 0.412. The van der Waals surface area contributed by atoms with Gasteiger partial charge in [-0.15, -0.1) is 0 Å². The molecular formula is C17H25N. The molecule has 0 spiro atoms. The predicted molar refractivity (Wildman–Crippen MR) is 80.6 cm³/mol. The average molecular weight is 243 g/mol. The minimum atomic E-state index is 1.04. The van der Waals surface area contributed by atoms with Gasteiger partial charge in [0.1, 0.15) is 0 Å². The summed E-state index contributed by atoms with van der Waals surface area (Å²) in [6.45, 7) is 6.45. The van der Waals surface area contributed by atoms with Crippen LogP contribution in [0, 0.1) is 0 Å². The van der Waals surface area contributed by atoms with Crippen molar-refractivity contribution in [2.45, 2.75) is 33.2 Å². The molecule has 0 aliphatic carbocycles. The normalized spacial score (nSPS) is 12.6. The Hall–Kier alpha value is -1.34. The van der Waals surface area contributed by atoms with Gasteiger partial charge in [-0.05, 0) is 45.8 Å². The van der Waals surface area contributed by atoms with Gasteiger partial charge in [-0.25, -0.2) is 0 Å². The number of allylic oxidation sites excluding steroid dienone is 4. The van der Waals surface area contributed by atoms with Crippen molar-refractivity contribution in [3.8, 4) is 0 Å². The third-order valence-electron chi connectivity index (χ3n) is 2.98. The Morgan fingerprint density at radius 3 is 2.61 bits per heavy atom. The van der Waals surface area contributed by atoms with Crippen molar-refractivity contribution in [3.63, 3.8) is 0 Å². The SMILES string of the molecule is C/C=C\C=C(/C)CCCN(C)Cc1ccccc1. The van der Waals surface area contributed by atoms with Gasteiger partial charge in [0.05, 0.1) is 0 Å². The molecule has 1 nitrogen and oxygen atoms in total. The topological polar surface area (TPSA) is 3.24 Å². The van der Waals surface area contributed by atoms with E-state index in [9.17, 15) is 0 Å². The molecule has 0 amide bonds. The Morgan fingerprint density at radius 2 is 1.94 bits per heavy atom. The summed E-state index contributed by atoms with van der Waals surface area (Å²) < 4.78 is 0. The summed E-state index contributed by atoms with van der Waals surface area (Å²) in [5, 5.41) is 0. The molecule has 0 aromatic heterocycles. The van der Waals surface area contributed by atoms with Crippen LogP contribution in [0.1, 0.15) is 32.3 Å². The zero-order valence-electron chi connectivity index (χ0n) is 11.9. The number of benzene rings is 1. The van der Waals surface area contributed by atoms with Gasteiger partial charge in [-0.1, -0.05) is 54.1 Å². The molecule has 1 aromatic rings. The quantitative estimate of drug-likeness (QED) is 0.641. The fourth-order valence-corrected chi connectivity index (χ4v) is 1.95. The maximum Gasteiger partial charge on any atom is 0.0230 e. The smallest absolute Gasteiger partial charge is 0.0230 e. The molecule has 0 saturated heterocycles. The Bertz CT molecular complexity index is 376. The second-order valence-corrected chi connectivity index (χ2v) is 4.87. The van der Waals surface area contributed by atoms with Crippen LogP contribution in [-0.2, 0) is 6.54 Å². The molecule has 18 heavy (non-hydrogen) atoms. The van der Waals surface area contributed by atoms with Gasteiger partial charge in [0, 0.05) is 6.54 Å². The van der Waals surface area contributed by atoms with E-state index < -0.39 is 0 Å². The third-order valence-corrected chi connectivity index (χ3v) is 2.98. The van der Waals surface area contributed by atoms with Crippen LogP contribution in [0.5, 0.6) is 0 Å². The molecule has 0 radical (unpaired) electrons. The number of hydrogen-bond acceptors (Lipinski definition) is 1. The highest BCUT2D eigenvalue weighted by Crippen LogP contribution is 2.07. The molecule has 1 heteroatoms. The summed E-state index contributed by atoms with van der Waals surface area (Å²) in [5.41, 5.74) is 2.85. The Labute approximate surface area is 112 Å². The highest BCUT2D eigenvalue weighted by molar-refractivity contribution is 5.14. The maximum atomic E-state index is 2.39. The van der Waals surface area contributed by atoms with E-state index >= 15 is 0 Å². The van der Waals surface area contributed by atoms with Crippen LogP contribution >= 0.6 is 0 Å². The van der Waals surface area contributed by atoms with Crippen LogP contribution in [0.25, 0.3) is 0 Å². The minimum absolute atomic E-state index is 1.04. The molecule has 0 N–H and O–H groups in total. The molecule has 0 atom stereocenters. The van der Waals surface area contributed by atoms with Crippen LogP contribution in [-0.4, -0.2) is 18.5 Å². The van der Waals surface area contributed by atoms with Gasteiger partial charge in [0.2, 0.25) is 0 Å². The van der Waals surface area contributed by atoms with Gasteiger partial charge < -0.3 is 4.90 Å². The van der Waals surface area contributed by atoms with Crippen molar-refractivity contribution in [1.82, 2.24) is 4.90 Å². The van der Waals surface area contributed by atoms with E-state index in [0.717, 1.165) is 13.1 Å². The van der Waals surface area contributed by atoms with E-state index in [1.54, 1.807) is 0 Å². The first-order chi connectivity index (χ1) is 8.72. The van der Waals surface area contributed by atoms with E-state index in [4.69, 9.17) is 0 Å². The van der Waals surface area contributed by atoms with Crippen LogP contribution in [0.3, 0.4) is 0 Å². The maximum absolute atomic E-state index is 2.39. The third kappa shape index (κ3) is 6.41. The molecule has 0 aliphatic heterocycles. The summed E-state index contributed by atoms with van der Waals surface area (Å²) in [5.74, 6) is 0. The monoisotopic (exact) mass is 243 g/mol. The summed E-state index contributed by atoms with van der Waals surface area (Å²) in [6.07, 6.45) is 8.80. The number of rotatable bonds is 7. The van der Waals surface area contributed by atoms with E-state index in [2.05, 4.69) is 74.4 Å². The second kappa shape index (κ2) is 8.71. The predicted octanol–water partition coefficient (Wildman–Crippen LogP) is 4.42. The summed E-state index contributed by atoms with van der Waals surface area (Å²) >= 11 is 0. The van der Waals surface area contributed by atoms with Crippen molar-refractivity contribution >= 4 is 0 Å². The largest absolute Gasteiger partial charge is 0.302 e. The van der Waals surface area contributed by atoms with Gasteiger partial charge >= 0.3 is 0 Å². The van der Waals surface area contributed by atoms with Crippen molar-refractivity contribution in [2.24, 2.45) is 0 Å². The summed E-state index contributed by atoms with van der Waals surface area (Å²) in [4.78, 5) is 2.39. The van der Waals surface area contributed by atoms with Gasteiger partial charge in [0.15, 0.2) is 0 Å². The lowest BCUT2D eigenvalue weighted by Crippen LogP contribution is -2.19. The van der Waals surface area contributed by atoms with E-state index in [0.29, 0.717) is 0 Å². The standard InChI is InChI=1S/C17H25N/c1-4-5-10-16(2)11-9-14-18(3)15-17-12-7-6-8-13-17/h4-8,10,12-13H,9,11,14-15H2,1-3H3/b5-4-,16-10+. The Morgan fingerprint density at radius 1 is 1.22 bits per heavy atom. The fourth-order valence-electron chi connectivity index (χ4n) is 1.95. The van der Waals surface area contributed by atoms with Gasteiger partial charge in [-0.3, -0.25) is 0 Å². The Kier molecular flexibility index (Phi) is 7.12. The Balaban J connectivity index is 2.23. The lowest BCUT2D eigenvalue weighted by molar-refractivity contribution is 0.322. The van der Waals surface area contributed by atoms with Crippen LogP contribution < -0.4 is 0 Å². The molecule has 0 heterocycles. The minimum Gasteiger partial charge on any atom is -0.302 e. The lowest BCUT2D eigenvalue weighted by Gasteiger charge is -2.16. The average Bonchev–Trinajstić information content (AvgIpc) is 2.37. The lowest BCUT2D eigenvalue weighted by atomic mass is 10.1. The van der Waals surface area contributed by atoms with Crippen LogP contribution in [0.15, 0.2) is 54.1 Å². The van der Waals surface area contributed by atoms with Gasteiger partial charge in [-0.2, -0.15) is 0 Å². The molecule has 98 valence electrons. The zero-order chi connectivity index (χ0) is 13.2. The molecule has 1 aromatic carbocycles. The van der Waals surface area contributed by atoms with E-state index in [-0.39, 0.29) is 0 Å². The highest BCUT2D eigenvalue weighted by atomic mass is 15.1. The molecule has 0 fully saturated rings. The first-order valence-electron chi connectivity index (χ1n) is 6.73. The first kappa shape index (κ1) is 14.7. The molecule has 0 aliphatic rings. The zero-order valence-corrected chi connectivity index (χ0v) is 11.9. The summed E-state index contributed by atoms with van der Waals surface area (Å²) in [6, 6.07) is 10.7. The van der Waals surface area contributed by atoms with E-state index in [1.807, 2.05) is 0 Å². The van der Waals surface area contributed by atoms with Crippen LogP contribution in [0.2, 0.25) is 0 Å². The van der Waals surface area contributed by atoms with E-state index in [1.165, 1.54) is 24.0 Å². The van der Waals surface area contributed by atoms with Crippen molar-refractivity contribution in [1.29, 1.82) is 0 Å². The molecule has 0 bridgehead atoms. The van der Waals surface area contributed by atoms with Crippen LogP contribution in [0.4, 0.5) is 0 Å². The van der Waals surface area contributed by atoms with Crippen molar-refractivity contribution in [3.05, 3.63) is 59.7 Å². The number of nitrogens with zero attached hydrogens (tertiary/aromatic N) is 1. The first-order valence-corrected chi connectivity index (χ1v) is 6.73. The molecular weight excluding hydrogens is 218 g/mol. The summed E-state index contributed by atoms with van der Waals surface area (Å²) in [7, 11) is 2.19. The molecule has 0 saturated carbocycles.